The molecule has 0 spiro atoms. The SMILES string of the molecule is COc1cccc(NC2CCC(C)CC2C)c1N. The van der Waals surface area contributed by atoms with Gasteiger partial charge in [-0.15, -0.1) is 0 Å². The van der Waals surface area contributed by atoms with Crippen LogP contribution in [0, 0.1) is 11.8 Å². The molecule has 3 unspecified atom stereocenters. The van der Waals surface area contributed by atoms with Crippen LogP contribution in [-0.2, 0) is 0 Å². The van der Waals surface area contributed by atoms with E-state index in [1.807, 2.05) is 18.2 Å². The molecule has 3 atom stereocenters. The lowest BCUT2D eigenvalue weighted by Gasteiger charge is -2.34. The van der Waals surface area contributed by atoms with Crippen LogP contribution in [0.1, 0.15) is 33.1 Å². The first-order chi connectivity index (χ1) is 8.61. The second-order valence-corrected chi connectivity index (χ2v) is 5.57. The first-order valence-corrected chi connectivity index (χ1v) is 6.80. The number of anilines is 2. The van der Waals surface area contributed by atoms with Crippen LogP contribution < -0.4 is 15.8 Å². The Morgan fingerprint density at radius 1 is 1.28 bits per heavy atom. The van der Waals surface area contributed by atoms with Crippen LogP contribution in [0.15, 0.2) is 18.2 Å². The van der Waals surface area contributed by atoms with Crippen molar-refractivity contribution in [1.29, 1.82) is 0 Å². The van der Waals surface area contributed by atoms with Gasteiger partial charge in [-0.2, -0.15) is 0 Å². The number of nitrogens with one attached hydrogen (secondary N) is 1. The molecule has 1 aliphatic rings. The van der Waals surface area contributed by atoms with Gasteiger partial charge in [0.1, 0.15) is 5.75 Å². The zero-order valence-electron chi connectivity index (χ0n) is 11.6. The molecular formula is C15H24N2O. The molecule has 0 heterocycles. The van der Waals surface area contributed by atoms with E-state index in [0.29, 0.717) is 17.6 Å². The Balaban J connectivity index is 2.09. The van der Waals surface area contributed by atoms with Gasteiger partial charge in [-0.05, 0) is 43.2 Å². The summed E-state index contributed by atoms with van der Waals surface area (Å²) in [5.41, 5.74) is 7.81. The highest BCUT2D eigenvalue weighted by atomic mass is 16.5. The molecule has 3 heteroatoms. The van der Waals surface area contributed by atoms with Gasteiger partial charge in [0, 0.05) is 6.04 Å². The normalized spacial score (nSPS) is 27.8. The number of hydrogen-bond acceptors (Lipinski definition) is 3. The monoisotopic (exact) mass is 248 g/mol. The molecule has 0 aromatic heterocycles. The fraction of sp³-hybridized carbons (Fsp3) is 0.600. The molecule has 0 radical (unpaired) electrons. The smallest absolute Gasteiger partial charge is 0.143 e. The topological polar surface area (TPSA) is 47.3 Å². The number of methoxy groups -OCH3 is 1. The van der Waals surface area contributed by atoms with Crippen LogP contribution in [0.25, 0.3) is 0 Å². The lowest BCUT2D eigenvalue weighted by Crippen LogP contribution is -2.33. The molecule has 3 N–H and O–H groups in total. The average Bonchev–Trinajstić information content (AvgIpc) is 2.35. The second-order valence-electron chi connectivity index (χ2n) is 5.57. The fourth-order valence-corrected chi connectivity index (χ4v) is 2.93. The number of rotatable bonds is 3. The van der Waals surface area contributed by atoms with E-state index >= 15 is 0 Å². The highest BCUT2D eigenvalue weighted by Crippen LogP contribution is 2.34. The number of nitrogen functional groups attached to an aromatic ring is 1. The molecule has 0 saturated heterocycles. The van der Waals surface area contributed by atoms with Gasteiger partial charge in [0.25, 0.3) is 0 Å². The number of para-hydroxylation sites is 1. The highest BCUT2D eigenvalue weighted by molar-refractivity contribution is 5.73. The maximum Gasteiger partial charge on any atom is 0.143 e. The summed E-state index contributed by atoms with van der Waals surface area (Å²) < 4.78 is 5.25. The van der Waals surface area contributed by atoms with Crippen molar-refractivity contribution >= 4 is 11.4 Å². The molecule has 1 aromatic rings. The second kappa shape index (κ2) is 5.51. The van der Waals surface area contributed by atoms with E-state index in [1.165, 1.54) is 19.3 Å². The van der Waals surface area contributed by atoms with Crippen LogP contribution in [0.2, 0.25) is 0 Å². The van der Waals surface area contributed by atoms with E-state index in [2.05, 4.69) is 19.2 Å². The van der Waals surface area contributed by atoms with Gasteiger partial charge >= 0.3 is 0 Å². The summed E-state index contributed by atoms with van der Waals surface area (Å²) in [5, 5.41) is 3.59. The van der Waals surface area contributed by atoms with Crippen LogP contribution in [0.4, 0.5) is 11.4 Å². The molecule has 1 fully saturated rings. The van der Waals surface area contributed by atoms with Crippen molar-refractivity contribution in [3.63, 3.8) is 0 Å². The largest absolute Gasteiger partial charge is 0.495 e. The van der Waals surface area contributed by atoms with Gasteiger partial charge in [-0.25, -0.2) is 0 Å². The molecule has 0 amide bonds. The van der Waals surface area contributed by atoms with Crippen molar-refractivity contribution in [2.45, 2.75) is 39.2 Å². The number of hydrogen-bond donors (Lipinski definition) is 2. The lowest BCUT2D eigenvalue weighted by molar-refractivity contribution is 0.276. The maximum absolute atomic E-state index is 6.10. The minimum absolute atomic E-state index is 0.524. The van der Waals surface area contributed by atoms with E-state index in [-0.39, 0.29) is 0 Å². The summed E-state index contributed by atoms with van der Waals surface area (Å²) in [7, 11) is 1.65. The van der Waals surface area contributed by atoms with Gasteiger partial charge < -0.3 is 15.8 Å². The predicted octanol–water partition coefficient (Wildman–Crippen LogP) is 3.51. The van der Waals surface area contributed by atoms with Crippen molar-refractivity contribution in [2.75, 3.05) is 18.2 Å². The van der Waals surface area contributed by atoms with Gasteiger partial charge in [0.2, 0.25) is 0 Å². The van der Waals surface area contributed by atoms with E-state index in [9.17, 15) is 0 Å². The standard InChI is InChI=1S/C15H24N2O/c1-10-7-8-12(11(2)9-10)17-13-5-4-6-14(18-3)15(13)16/h4-6,10-12,17H,7-9,16H2,1-3H3. The van der Waals surface area contributed by atoms with Gasteiger partial charge in [-0.1, -0.05) is 19.9 Å². The molecule has 1 saturated carbocycles. The van der Waals surface area contributed by atoms with Crippen molar-refractivity contribution in [3.8, 4) is 5.75 Å². The van der Waals surface area contributed by atoms with Crippen LogP contribution >= 0.6 is 0 Å². The Bertz CT molecular complexity index is 405. The van der Waals surface area contributed by atoms with Crippen molar-refractivity contribution < 1.29 is 4.74 Å². The van der Waals surface area contributed by atoms with Crippen LogP contribution in [0.3, 0.4) is 0 Å². The minimum atomic E-state index is 0.524. The van der Waals surface area contributed by atoms with Crippen LogP contribution in [-0.4, -0.2) is 13.2 Å². The lowest BCUT2D eigenvalue weighted by atomic mass is 9.80. The molecule has 1 aromatic carbocycles. The molecule has 2 rings (SSSR count). The summed E-state index contributed by atoms with van der Waals surface area (Å²) in [6, 6.07) is 6.43. The zero-order chi connectivity index (χ0) is 13.1. The van der Waals surface area contributed by atoms with Gasteiger partial charge in [0.05, 0.1) is 18.5 Å². The van der Waals surface area contributed by atoms with Gasteiger partial charge in [-0.3, -0.25) is 0 Å². The molecular weight excluding hydrogens is 224 g/mol. The summed E-state index contributed by atoms with van der Waals surface area (Å²) in [5.74, 6) is 2.29. The molecule has 3 nitrogen and oxygen atoms in total. The van der Waals surface area contributed by atoms with Crippen molar-refractivity contribution in [2.24, 2.45) is 11.8 Å². The quantitative estimate of drug-likeness (QED) is 0.805. The van der Waals surface area contributed by atoms with E-state index < -0.39 is 0 Å². The van der Waals surface area contributed by atoms with Crippen molar-refractivity contribution in [1.82, 2.24) is 0 Å². The summed E-state index contributed by atoms with van der Waals surface area (Å²) >= 11 is 0. The average molecular weight is 248 g/mol. The number of ether oxygens (including phenoxy) is 1. The predicted molar refractivity (Wildman–Crippen MR) is 77.0 cm³/mol. The van der Waals surface area contributed by atoms with E-state index in [1.54, 1.807) is 7.11 Å². The summed E-state index contributed by atoms with van der Waals surface area (Å²) in [4.78, 5) is 0. The Morgan fingerprint density at radius 2 is 2.06 bits per heavy atom. The van der Waals surface area contributed by atoms with Crippen LogP contribution in [0.5, 0.6) is 5.75 Å². The molecule has 0 aliphatic heterocycles. The number of nitrogens with two attached hydrogens (primary N) is 1. The van der Waals surface area contributed by atoms with Gasteiger partial charge in [0.15, 0.2) is 0 Å². The Hall–Kier alpha value is -1.38. The van der Waals surface area contributed by atoms with E-state index in [0.717, 1.165) is 17.4 Å². The first kappa shape index (κ1) is 13.1. The molecule has 100 valence electrons. The highest BCUT2D eigenvalue weighted by Gasteiger charge is 2.25. The molecule has 0 bridgehead atoms. The minimum Gasteiger partial charge on any atom is -0.495 e. The molecule has 1 aliphatic carbocycles. The Kier molecular flexibility index (Phi) is 4.00. The van der Waals surface area contributed by atoms with E-state index in [4.69, 9.17) is 10.5 Å². The Morgan fingerprint density at radius 3 is 2.72 bits per heavy atom. The first-order valence-electron chi connectivity index (χ1n) is 6.80. The zero-order valence-corrected chi connectivity index (χ0v) is 11.6. The third-order valence-electron chi connectivity index (χ3n) is 4.06. The fourth-order valence-electron chi connectivity index (χ4n) is 2.93. The molecule has 18 heavy (non-hydrogen) atoms. The van der Waals surface area contributed by atoms with Crippen molar-refractivity contribution in [3.05, 3.63) is 18.2 Å². The summed E-state index contributed by atoms with van der Waals surface area (Å²) in [6.07, 6.45) is 3.81. The third kappa shape index (κ3) is 2.71. The third-order valence-corrected chi connectivity index (χ3v) is 4.06. The maximum atomic E-state index is 6.10. The number of benzene rings is 1. The Labute approximate surface area is 110 Å². The summed E-state index contributed by atoms with van der Waals surface area (Å²) in [6.45, 7) is 4.66.